The second kappa shape index (κ2) is 6.31. The Labute approximate surface area is 122 Å². The number of cyclic esters (lactones) is 1. The Bertz CT molecular complexity index is 502. The molecule has 5 heteroatoms. The van der Waals surface area contributed by atoms with Crippen LogP contribution in [0.3, 0.4) is 0 Å². The van der Waals surface area contributed by atoms with Crippen molar-refractivity contribution in [1.29, 1.82) is 0 Å². The third-order valence-electron chi connectivity index (χ3n) is 3.16. The molecular formula is C14H15Cl2NO2. The van der Waals surface area contributed by atoms with Crippen LogP contribution in [0.15, 0.2) is 24.3 Å². The van der Waals surface area contributed by atoms with Crippen molar-refractivity contribution in [1.82, 2.24) is 4.90 Å². The monoisotopic (exact) mass is 299 g/mol. The number of likely N-dealkylation sites (N-methyl/N-ethyl adjacent to an activating group) is 1. The average molecular weight is 300 g/mol. The van der Waals surface area contributed by atoms with E-state index in [1.807, 2.05) is 18.2 Å². The van der Waals surface area contributed by atoms with Gasteiger partial charge >= 0.3 is 6.09 Å². The van der Waals surface area contributed by atoms with Crippen molar-refractivity contribution in [3.05, 3.63) is 39.9 Å². The molecule has 0 bridgehead atoms. The van der Waals surface area contributed by atoms with Crippen molar-refractivity contribution in [2.45, 2.75) is 18.9 Å². The van der Waals surface area contributed by atoms with E-state index in [-0.39, 0.29) is 12.1 Å². The minimum atomic E-state index is -0.238. The Kier molecular flexibility index (Phi) is 4.72. The Morgan fingerprint density at radius 2 is 2.21 bits per heavy atom. The average Bonchev–Trinajstić information content (AvgIpc) is 2.70. The Balaban J connectivity index is 1.83. The molecule has 2 rings (SSSR count). The minimum Gasteiger partial charge on any atom is -0.447 e. The Hall–Kier alpha value is -1.19. The van der Waals surface area contributed by atoms with Crippen LogP contribution in [0.1, 0.15) is 18.4 Å². The van der Waals surface area contributed by atoms with Crippen LogP contribution in [-0.4, -0.2) is 30.7 Å². The second-order valence-corrected chi connectivity index (χ2v) is 5.31. The van der Waals surface area contributed by atoms with E-state index in [1.54, 1.807) is 18.0 Å². The number of allylic oxidation sites excluding steroid dienone is 1. The quantitative estimate of drug-likeness (QED) is 0.832. The molecule has 1 amide bonds. The van der Waals surface area contributed by atoms with Crippen LogP contribution in [0.2, 0.25) is 10.0 Å². The predicted molar refractivity (Wildman–Crippen MR) is 77.6 cm³/mol. The van der Waals surface area contributed by atoms with Gasteiger partial charge in [0, 0.05) is 7.05 Å². The molecule has 0 radical (unpaired) electrons. The summed E-state index contributed by atoms with van der Waals surface area (Å²) in [5.41, 5.74) is 1.02. The summed E-state index contributed by atoms with van der Waals surface area (Å²) in [6, 6.07) is 5.69. The van der Waals surface area contributed by atoms with Gasteiger partial charge in [0.05, 0.1) is 16.1 Å². The van der Waals surface area contributed by atoms with Crippen LogP contribution in [0.5, 0.6) is 0 Å². The molecule has 3 nitrogen and oxygen atoms in total. The van der Waals surface area contributed by atoms with E-state index in [0.29, 0.717) is 16.7 Å². The number of hydrogen-bond donors (Lipinski definition) is 0. The first kappa shape index (κ1) is 14.2. The van der Waals surface area contributed by atoms with Crippen LogP contribution in [0.4, 0.5) is 4.79 Å². The lowest BCUT2D eigenvalue weighted by Gasteiger charge is -2.14. The number of carbonyl (C=O) groups is 1. The van der Waals surface area contributed by atoms with Gasteiger partial charge in [0.2, 0.25) is 0 Å². The van der Waals surface area contributed by atoms with Gasteiger partial charge < -0.3 is 9.64 Å². The number of amides is 1. The summed E-state index contributed by atoms with van der Waals surface area (Å²) in [6.07, 6.45) is 5.60. The highest BCUT2D eigenvalue weighted by Crippen LogP contribution is 2.23. The van der Waals surface area contributed by atoms with E-state index >= 15 is 0 Å². The number of carbonyl (C=O) groups excluding carboxylic acids is 1. The lowest BCUT2D eigenvalue weighted by Crippen LogP contribution is -2.28. The first-order valence-electron chi connectivity index (χ1n) is 6.09. The third-order valence-corrected chi connectivity index (χ3v) is 3.89. The molecule has 1 aromatic carbocycles. The van der Waals surface area contributed by atoms with E-state index in [1.165, 1.54) is 0 Å². The topological polar surface area (TPSA) is 29.5 Å². The molecule has 102 valence electrons. The fraction of sp³-hybridized carbons (Fsp3) is 0.357. The molecule has 0 aromatic heterocycles. The van der Waals surface area contributed by atoms with Gasteiger partial charge in [0.15, 0.2) is 0 Å². The Morgan fingerprint density at radius 1 is 1.42 bits per heavy atom. The summed E-state index contributed by atoms with van der Waals surface area (Å²) in [4.78, 5) is 12.8. The fourth-order valence-electron chi connectivity index (χ4n) is 1.93. The van der Waals surface area contributed by atoms with Crippen molar-refractivity contribution in [2.75, 3.05) is 13.7 Å². The summed E-state index contributed by atoms with van der Waals surface area (Å²) in [5.74, 6) is 0. The highest BCUT2D eigenvalue weighted by Gasteiger charge is 2.28. The molecule has 1 heterocycles. The largest absolute Gasteiger partial charge is 0.447 e. The summed E-state index contributed by atoms with van der Waals surface area (Å²) < 4.78 is 4.95. The van der Waals surface area contributed by atoms with Crippen molar-refractivity contribution in [3.8, 4) is 0 Å². The predicted octanol–water partition coefficient (Wildman–Crippen LogP) is 4.24. The number of halogens is 2. The maximum absolute atomic E-state index is 11.2. The number of ether oxygens (including phenoxy) is 1. The SMILES string of the molecule is CN1C(=O)OC[C@@H]1CCC=Cc1ccc(Cl)c(Cl)c1. The molecule has 1 aromatic rings. The molecule has 0 saturated carbocycles. The molecule has 0 unspecified atom stereocenters. The normalized spacial score (nSPS) is 19.2. The van der Waals surface area contributed by atoms with Crippen molar-refractivity contribution in [2.24, 2.45) is 0 Å². The first-order chi connectivity index (χ1) is 9.08. The minimum absolute atomic E-state index is 0.172. The highest BCUT2D eigenvalue weighted by atomic mass is 35.5. The standard InChI is InChI=1S/C14H15Cl2NO2/c1-17-11(9-19-14(17)18)5-3-2-4-10-6-7-12(15)13(16)8-10/h2,4,6-8,11H,3,5,9H2,1H3/t11-/m0/s1. The van der Waals surface area contributed by atoms with Gasteiger partial charge in [-0.05, 0) is 30.5 Å². The van der Waals surface area contributed by atoms with Gasteiger partial charge in [0.25, 0.3) is 0 Å². The molecule has 0 spiro atoms. The number of benzene rings is 1. The molecule has 0 aliphatic carbocycles. The lowest BCUT2D eigenvalue weighted by atomic mass is 10.1. The van der Waals surface area contributed by atoms with E-state index in [9.17, 15) is 4.79 Å². The van der Waals surface area contributed by atoms with Crippen LogP contribution < -0.4 is 0 Å². The van der Waals surface area contributed by atoms with E-state index in [2.05, 4.69) is 6.08 Å². The molecule has 0 N–H and O–H groups in total. The van der Waals surface area contributed by atoms with Gasteiger partial charge in [-0.3, -0.25) is 0 Å². The molecule has 1 atom stereocenters. The van der Waals surface area contributed by atoms with Gasteiger partial charge in [0.1, 0.15) is 6.61 Å². The van der Waals surface area contributed by atoms with Crippen LogP contribution in [0.25, 0.3) is 6.08 Å². The molecular weight excluding hydrogens is 285 g/mol. The third kappa shape index (κ3) is 3.64. The second-order valence-electron chi connectivity index (χ2n) is 4.49. The zero-order valence-corrected chi connectivity index (χ0v) is 12.1. The van der Waals surface area contributed by atoms with Crippen molar-refractivity contribution in [3.63, 3.8) is 0 Å². The zero-order chi connectivity index (χ0) is 13.8. The number of nitrogens with zero attached hydrogens (tertiary/aromatic N) is 1. The van der Waals surface area contributed by atoms with Crippen LogP contribution in [0, 0.1) is 0 Å². The molecule has 1 aliphatic rings. The van der Waals surface area contributed by atoms with E-state index < -0.39 is 0 Å². The van der Waals surface area contributed by atoms with E-state index in [4.69, 9.17) is 27.9 Å². The summed E-state index contributed by atoms with van der Waals surface area (Å²) >= 11 is 11.8. The summed E-state index contributed by atoms with van der Waals surface area (Å²) in [5, 5.41) is 1.11. The van der Waals surface area contributed by atoms with Gasteiger partial charge in [-0.2, -0.15) is 0 Å². The van der Waals surface area contributed by atoms with E-state index in [0.717, 1.165) is 18.4 Å². The molecule has 1 aliphatic heterocycles. The Morgan fingerprint density at radius 3 is 2.84 bits per heavy atom. The maximum atomic E-state index is 11.2. The molecule has 1 saturated heterocycles. The summed E-state index contributed by atoms with van der Waals surface area (Å²) in [7, 11) is 1.77. The smallest absolute Gasteiger partial charge is 0.409 e. The number of hydrogen-bond acceptors (Lipinski definition) is 2. The summed E-state index contributed by atoms with van der Waals surface area (Å²) in [6.45, 7) is 0.482. The molecule has 1 fully saturated rings. The number of rotatable bonds is 4. The van der Waals surface area contributed by atoms with Crippen molar-refractivity contribution >= 4 is 35.4 Å². The maximum Gasteiger partial charge on any atom is 0.409 e. The zero-order valence-electron chi connectivity index (χ0n) is 10.6. The first-order valence-corrected chi connectivity index (χ1v) is 6.84. The van der Waals surface area contributed by atoms with Crippen LogP contribution >= 0.6 is 23.2 Å². The van der Waals surface area contributed by atoms with Gasteiger partial charge in [-0.25, -0.2) is 4.79 Å². The fourth-order valence-corrected chi connectivity index (χ4v) is 2.24. The molecule has 19 heavy (non-hydrogen) atoms. The van der Waals surface area contributed by atoms with Crippen LogP contribution in [-0.2, 0) is 4.74 Å². The lowest BCUT2D eigenvalue weighted by molar-refractivity contribution is 0.163. The highest BCUT2D eigenvalue weighted by molar-refractivity contribution is 6.42. The van der Waals surface area contributed by atoms with Gasteiger partial charge in [-0.15, -0.1) is 0 Å². The van der Waals surface area contributed by atoms with Crippen molar-refractivity contribution < 1.29 is 9.53 Å². The van der Waals surface area contributed by atoms with Gasteiger partial charge in [-0.1, -0.05) is 41.4 Å².